The van der Waals surface area contributed by atoms with Crippen LogP contribution >= 0.6 is 0 Å². The molecule has 0 aliphatic carbocycles. The Labute approximate surface area is 109 Å². The standard InChI is InChI=1S/C11H22N4O2S/c1-8-10(9(6-12)14-13-8)18(16,17)15(5)7-11(2,3)4/h6-7,12H2,1-5H3,(H,13,14). The lowest BCUT2D eigenvalue weighted by Gasteiger charge is -2.26. The summed E-state index contributed by atoms with van der Waals surface area (Å²) in [6, 6.07) is 0. The minimum atomic E-state index is -3.54. The maximum Gasteiger partial charge on any atom is 0.246 e. The first-order chi connectivity index (χ1) is 8.09. The van der Waals surface area contributed by atoms with E-state index in [-0.39, 0.29) is 16.9 Å². The summed E-state index contributed by atoms with van der Waals surface area (Å²) in [5, 5.41) is 6.60. The highest BCUT2D eigenvalue weighted by Crippen LogP contribution is 2.24. The molecule has 1 aromatic rings. The van der Waals surface area contributed by atoms with Crippen LogP contribution in [0.1, 0.15) is 32.2 Å². The van der Waals surface area contributed by atoms with Gasteiger partial charge in [0.25, 0.3) is 0 Å². The van der Waals surface area contributed by atoms with Gasteiger partial charge in [0.15, 0.2) is 0 Å². The van der Waals surface area contributed by atoms with E-state index < -0.39 is 10.0 Å². The molecule has 0 fully saturated rings. The number of nitrogens with zero attached hydrogens (tertiary/aromatic N) is 2. The monoisotopic (exact) mass is 274 g/mol. The molecule has 0 spiro atoms. The Morgan fingerprint density at radius 3 is 2.39 bits per heavy atom. The molecule has 7 heteroatoms. The largest absolute Gasteiger partial charge is 0.325 e. The molecule has 6 nitrogen and oxygen atoms in total. The summed E-state index contributed by atoms with van der Waals surface area (Å²) in [6.07, 6.45) is 0. The van der Waals surface area contributed by atoms with Crippen LogP contribution in [0.5, 0.6) is 0 Å². The fourth-order valence-electron chi connectivity index (χ4n) is 1.86. The van der Waals surface area contributed by atoms with Gasteiger partial charge in [0.1, 0.15) is 4.90 Å². The van der Waals surface area contributed by atoms with Crippen molar-refractivity contribution in [3.05, 3.63) is 11.4 Å². The number of hydrogen-bond donors (Lipinski definition) is 2. The van der Waals surface area contributed by atoms with E-state index >= 15 is 0 Å². The lowest BCUT2D eigenvalue weighted by Crippen LogP contribution is -2.35. The summed E-state index contributed by atoms with van der Waals surface area (Å²) in [7, 11) is -1.97. The maximum absolute atomic E-state index is 12.5. The highest BCUT2D eigenvalue weighted by molar-refractivity contribution is 7.89. The summed E-state index contributed by atoms with van der Waals surface area (Å²) < 4.78 is 26.3. The van der Waals surface area contributed by atoms with Gasteiger partial charge >= 0.3 is 0 Å². The normalized spacial score (nSPS) is 13.3. The zero-order valence-electron chi connectivity index (χ0n) is 11.6. The maximum atomic E-state index is 12.5. The molecular formula is C11H22N4O2S. The summed E-state index contributed by atoms with van der Waals surface area (Å²) in [4.78, 5) is 0.205. The van der Waals surface area contributed by atoms with Crippen LogP contribution in [0.2, 0.25) is 0 Å². The first-order valence-electron chi connectivity index (χ1n) is 5.80. The van der Waals surface area contributed by atoms with Crippen molar-refractivity contribution in [2.45, 2.75) is 39.1 Å². The van der Waals surface area contributed by atoms with Crippen molar-refractivity contribution in [1.29, 1.82) is 0 Å². The molecule has 0 aromatic carbocycles. The second-order valence-corrected chi connectivity index (χ2v) is 7.63. The van der Waals surface area contributed by atoms with Gasteiger partial charge in [-0.25, -0.2) is 12.7 Å². The SMILES string of the molecule is Cc1[nH]nc(CN)c1S(=O)(=O)N(C)CC(C)(C)C. The number of nitrogens with one attached hydrogen (secondary N) is 1. The minimum Gasteiger partial charge on any atom is -0.325 e. The molecule has 0 atom stereocenters. The molecule has 1 aromatic heterocycles. The lowest BCUT2D eigenvalue weighted by atomic mass is 9.97. The highest BCUT2D eigenvalue weighted by atomic mass is 32.2. The van der Waals surface area contributed by atoms with Crippen LogP contribution in [0, 0.1) is 12.3 Å². The molecule has 1 rings (SSSR count). The Bertz CT molecular complexity index is 514. The van der Waals surface area contributed by atoms with Crippen molar-refractivity contribution in [3.63, 3.8) is 0 Å². The van der Waals surface area contributed by atoms with Crippen molar-refractivity contribution >= 4 is 10.0 Å². The number of hydrogen-bond acceptors (Lipinski definition) is 4. The van der Waals surface area contributed by atoms with E-state index in [2.05, 4.69) is 10.2 Å². The van der Waals surface area contributed by atoms with Crippen molar-refractivity contribution in [2.75, 3.05) is 13.6 Å². The molecule has 0 aliphatic heterocycles. The zero-order chi connectivity index (χ0) is 14.1. The van der Waals surface area contributed by atoms with E-state index in [1.165, 1.54) is 4.31 Å². The molecular weight excluding hydrogens is 252 g/mol. The van der Waals surface area contributed by atoms with Gasteiger partial charge in [-0.1, -0.05) is 20.8 Å². The van der Waals surface area contributed by atoms with Gasteiger partial charge in [0.2, 0.25) is 10.0 Å². The van der Waals surface area contributed by atoms with Gasteiger partial charge in [-0.05, 0) is 12.3 Å². The van der Waals surface area contributed by atoms with E-state index in [0.717, 1.165) is 0 Å². The van der Waals surface area contributed by atoms with Crippen LogP contribution < -0.4 is 5.73 Å². The fraction of sp³-hybridized carbons (Fsp3) is 0.727. The number of sulfonamides is 1. The second-order valence-electron chi connectivity index (χ2n) is 5.65. The van der Waals surface area contributed by atoms with Gasteiger partial charge in [0, 0.05) is 20.1 Å². The molecule has 1 heterocycles. The zero-order valence-corrected chi connectivity index (χ0v) is 12.4. The number of aromatic nitrogens is 2. The van der Waals surface area contributed by atoms with Crippen LogP contribution in [0.25, 0.3) is 0 Å². The molecule has 0 saturated carbocycles. The smallest absolute Gasteiger partial charge is 0.246 e. The van der Waals surface area contributed by atoms with E-state index in [1.54, 1.807) is 14.0 Å². The number of rotatable bonds is 4. The average Bonchev–Trinajstić information content (AvgIpc) is 2.57. The number of nitrogens with two attached hydrogens (primary N) is 1. The minimum absolute atomic E-state index is 0.0995. The predicted octanol–water partition coefficient (Wildman–Crippen LogP) is 0.843. The van der Waals surface area contributed by atoms with Gasteiger partial charge in [-0.15, -0.1) is 0 Å². The van der Waals surface area contributed by atoms with E-state index in [0.29, 0.717) is 17.9 Å². The Balaban J connectivity index is 3.17. The van der Waals surface area contributed by atoms with E-state index in [4.69, 9.17) is 5.73 Å². The Kier molecular flexibility index (Phi) is 4.19. The third-order valence-electron chi connectivity index (χ3n) is 2.52. The van der Waals surface area contributed by atoms with Crippen LogP contribution in [0.4, 0.5) is 0 Å². The van der Waals surface area contributed by atoms with Gasteiger partial charge in [0.05, 0.1) is 11.4 Å². The summed E-state index contributed by atoms with van der Waals surface area (Å²) >= 11 is 0. The molecule has 0 radical (unpaired) electrons. The Morgan fingerprint density at radius 2 is 1.94 bits per heavy atom. The van der Waals surface area contributed by atoms with E-state index in [9.17, 15) is 8.42 Å². The van der Waals surface area contributed by atoms with Crippen molar-refractivity contribution < 1.29 is 8.42 Å². The third kappa shape index (κ3) is 3.09. The first kappa shape index (κ1) is 15.1. The van der Waals surface area contributed by atoms with Crippen LogP contribution in [-0.4, -0.2) is 36.5 Å². The van der Waals surface area contributed by atoms with Crippen LogP contribution in [0.15, 0.2) is 4.90 Å². The topological polar surface area (TPSA) is 92.1 Å². The van der Waals surface area contributed by atoms with Crippen molar-refractivity contribution in [2.24, 2.45) is 11.1 Å². The predicted molar refractivity (Wildman–Crippen MR) is 70.5 cm³/mol. The van der Waals surface area contributed by atoms with Gasteiger partial charge in [-0.2, -0.15) is 5.10 Å². The van der Waals surface area contributed by atoms with Crippen molar-refractivity contribution in [1.82, 2.24) is 14.5 Å². The molecule has 0 aliphatic rings. The summed E-state index contributed by atoms with van der Waals surface area (Å²) in [5.74, 6) is 0. The average molecular weight is 274 g/mol. The van der Waals surface area contributed by atoms with Gasteiger partial charge < -0.3 is 5.73 Å². The van der Waals surface area contributed by atoms with E-state index in [1.807, 2.05) is 20.8 Å². The summed E-state index contributed by atoms with van der Waals surface area (Å²) in [5.41, 5.74) is 6.32. The fourth-order valence-corrected chi connectivity index (χ4v) is 3.59. The lowest BCUT2D eigenvalue weighted by molar-refractivity contribution is 0.310. The van der Waals surface area contributed by atoms with Gasteiger partial charge in [-0.3, -0.25) is 5.10 Å². The molecule has 0 unspecified atom stereocenters. The van der Waals surface area contributed by atoms with Crippen LogP contribution in [-0.2, 0) is 16.6 Å². The Morgan fingerprint density at radius 1 is 1.39 bits per heavy atom. The van der Waals surface area contributed by atoms with Crippen molar-refractivity contribution in [3.8, 4) is 0 Å². The summed E-state index contributed by atoms with van der Waals surface area (Å²) in [6.45, 7) is 8.19. The quantitative estimate of drug-likeness (QED) is 0.851. The Hall–Kier alpha value is -0.920. The molecule has 0 bridgehead atoms. The molecule has 0 amide bonds. The third-order valence-corrected chi connectivity index (χ3v) is 4.53. The molecule has 18 heavy (non-hydrogen) atoms. The van der Waals surface area contributed by atoms with Crippen LogP contribution in [0.3, 0.4) is 0 Å². The number of aryl methyl sites for hydroxylation is 1. The molecule has 3 N–H and O–H groups in total. The molecule has 104 valence electrons. The highest BCUT2D eigenvalue weighted by Gasteiger charge is 2.30. The number of H-pyrrole nitrogens is 1. The number of aromatic amines is 1. The molecule has 0 saturated heterocycles. The first-order valence-corrected chi connectivity index (χ1v) is 7.24. The second kappa shape index (κ2) is 4.99.